The van der Waals surface area contributed by atoms with Gasteiger partial charge in [0.2, 0.25) is 0 Å². The van der Waals surface area contributed by atoms with E-state index in [0.717, 1.165) is 0 Å². The molecular formula is C13H15N3O3. The third-order valence-corrected chi connectivity index (χ3v) is 3.01. The van der Waals surface area contributed by atoms with Gasteiger partial charge < -0.3 is 14.7 Å². The summed E-state index contributed by atoms with van der Waals surface area (Å²) in [6, 6.07) is 5.02. The highest BCUT2D eigenvalue weighted by atomic mass is 16.5. The predicted octanol–water partition coefficient (Wildman–Crippen LogP) is 0.0342. The first-order chi connectivity index (χ1) is 9.24. The van der Waals surface area contributed by atoms with E-state index in [0.29, 0.717) is 31.9 Å². The van der Waals surface area contributed by atoms with E-state index in [1.807, 2.05) is 6.07 Å². The molecule has 1 aliphatic heterocycles. The maximum absolute atomic E-state index is 12.3. The van der Waals surface area contributed by atoms with Crippen LogP contribution in [0.5, 0.6) is 0 Å². The molecular weight excluding hydrogens is 246 g/mol. The molecule has 1 amide bonds. The van der Waals surface area contributed by atoms with Crippen molar-refractivity contribution in [1.82, 2.24) is 9.88 Å². The standard InChI is InChI=1S/C13H15N3O3/c14-5-12-2-1-11(6-15-12)13(18)16-3-4-19-9-10(7-16)8-17/h1-2,6,10,17H,3-4,7-9H2/t10-/m1/s1. The van der Waals surface area contributed by atoms with Crippen molar-refractivity contribution >= 4 is 5.91 Å². The van der Waals surface area contributed by atoms with Crippen LogP contribution in [0.1, 0.15) is 16.1 Å². The van der Waals surface area contributed by atoms with Gasteiger partial charge in [0.15, 0.2) is 0 Å². The van der Waals surface area contributed by atoms with Gasteiger partial charge in [0.1, 0.15) is 11.8 Å². The van der Waals surface area contributed by atoms with Crippen molar-refractivity contribution in [3.05, 3.63) is 29.6 Å². The maximum atomic E-state index is 12.3. The number of aromatic nitrogens is 1. The van der Waals surface area contributed by atoms with Crippen LogP contribution in [0.15, 0.2) is 18.3 Å². The van der Waals surface area contributed by atoms with E-state index in [1.165, 1.54) is 12.3 Å². The fourth-order valence-electron chi connectivity index (χ4n) is 1.94. The Kier molecular flexibility index (Phi) is 4.44. The van der Waals surface area contributed by atoms with Gasteiger partial charge in [-0.15, -0.1) is 0 Å². The normalized spacial score (nSPS) is 19.6. The topological polar surface area (TPSA) is 86.5 Å². The lowest BCUT2D eigenvalue weighted by Crippen LogP contribution is -2.36. The molecule has 19 heavy (non-hydrogen) atoms. The summed E-state index contributed by atoms with van der Waals surface area (Å²) < 4.78 is 5.34. The van der Waals surface area contributed by atoms with Gasteiger partial charge in [-0.3, -0.25) is 4.79 Å². The van der Waals surface area contributed by atoms with Crippen LogP contribution >= 0.6 is 0 Å². The number of hydrogen-bond acceptors (Lipinski definition) is 5. The molecule has 1 aromatic heterocycles. The molecule has 0 radical (unpaired) electrons. The Labute approximate surface area is 111 Å². The lowest BCUT2D eigenvalue weighted by atomic mass is 10.1. The van der Waals surface area contributed by atoms with Gasteiger partial charge in [-0.2, -0.15) is 5.26 Å². The lowest BCUT2D eigenvalue weighted by molar-refractivity contribution is 0.0728. The van der Waals surface area contributed by atoms with Gasteiger partial charge in [-0.05, 0) is 12.1 Å². The van der Waals surface area contributed by atoms with Crippen molar-refractivity contribution in [2.24, 2.45) is 5.92 Å². The molecule has 2 rings (SSSR count). The Hall–Kier alpha value is -1.97. The van der Waals surface area contributed by atoms with Crippen molar-refractivity contribution in [1.29, 1.82) is 5.26 Å². The number of nitriles is 1. The molecule has 1 N–H and O–H groups in total. The van der Waals surface area contributed by atoms with Crippen LogP contribution < -0.4 is 0 Å². The van der Waals surface area contributed by atoms with Gasteiger partial charge in [0.25, 0.3) is 5.91 Å². The van der Waals surface area contributed by atoms with Gasteiger partial charge in [0, 0.05) is 31.8 Å². The van der Waals surface area contributed by atoms with Crippen molar-refractivity contribution in [3.8, 4) is 6.07 Å². The van der Waals surface area contributed by atoms with Crippen molar-refractivity contribution in [3.63, 3.8) is 0 Å². The van der Waals surface area contributed by atoms with Gasteiger partial charge in [-0.25, -0.2) is 4.98 Å². The number of carbonyl (C=O) groups is 1. The number of nitrogens with zero attached hydrogens (tertiary/aromatic N) is 3. The number of rotatable bonds is 2. The molecule has 0 aromatic carbocycles. The summed E-state index contributed by atoms with van der Waals surface area (Å²) in [4.78, 5) is 17.8. The zero-order chi connectivity index (χ0) is 13.7. The van der Waals surface area contributed by atoms with Crippen molar-refractivity contribution in [2.45, 2.75) is 0 Å². The van der Waals surface area contributed by atoms with Crippen LogP contribution in [0.25, 0.3) is 0 Å². The van der Waals surface area contributed by atoms with E-state index < -0.39 is 0 Å². The SMILES string of the molecule is N#Cc1ccc(C(=O)N2CCOC[C@@H](CO)C2)cn1. The quantitative estimate of drug-likeness (QED) is 0.812. The van der Waals surface area contributed by atoms with E-state index in [9.17, 15) is 9.90 Å². The van der Waals surface area contributed by atoms with E-state index in [4.69, 9.17) is 10.00 Å². The largest absolute Gasteiger partial charge is 0.396 e. The number of ether oxygens (including phenoxy) is 1. The molecule has 0 bridgehead atoms. The van der Waals surface area contributed by atoms with Crippen molar-refractivity contribution in [2.75, 3.05) is 32.9 Å². The molecule has 1 aliphatic rings. The summed E-state index contributed by atoms with van der Waals surface area (Å²) in [6.07, 6.45) is 1.40. The average molecular weight is 261 g/mol. The van der Waals surface area contributed by atoms with Gasteiger partial charge in [0.05, 0.1) is 18.8 Å². The number of aliphatic hydroxyl groups excluding tert-OH is 1. The Morgan fingerprint density at radius 2 is 2.47 bits per heavy atom. The van der Waals surface area contributed by atoms with Crippen molar-refractivity contribution < 1.29 is 14.6 Å². The van der Waals surface area contributed by atoms with Crippen LogP contribution in [-0.4, -0.2) is 53.8 Å². The third-order valence-electron chi connectivity index (χ3n) is 3.01. The fraction of sp³-hybridized carbons (Fsp3) is 0.462. The summed E-state index contributed by atoms with van der Waals surface area (Å²) >= 11 is 0. The van der Waals surface area contributed by atoms with E-state index in [-0.39, 0.29) is 24.1 Å². The fourth-order valence-corrected chi connectivity index (χ4v) is 1.94. The molecule has 0 unspecified atom stereocenters. The minimum atomic E-state index is -0.152. The van der Waals surface area contributed by atoms with Crippen LogP contribution in [0, 0.1) is 17.2 Å². The molecule has 0 spiro atoms. The van der Waals surface area contributed by atoms with Gasteiger partial charge >= 0.3 is 0 Å². The summed E-state index contributed by atoms with van der Waals surface area (Å²) in [7, 11) is 0. The Morgan fingerprint density at radius 3 is 3.11 bits per heavy atom. The molecule has 6 nitrogen and oxygen atoms in total. The smallest absolute Gasteiger partial charge is 0.255 e. The summed E-state index contributed by atoms with van der Waals surface area (Å²) in [5, 5.41) is 17.9. The van der Waals surface area contributed by atoms with Crippen LogP contribution in [-0.2, 0) is 4.74 Å². The first-order valence-corrected chi connectivity index (χ1v) is 6.08. The van der Waals surface area contributed by atoms with Crippen LogP contribution in [0.3, 0.4) is 0 Å². The number of hydrogen-bond donors (Lipinski definition) is 1. The second-order valence-corrected chi connectivity index (χ2v) is 4.42. The highest BCUT2D eigenvalue weighted by Gasteiger charge is 2.23. The molecule has 1 atom stereocenters. The number of carbonyl (C=O) groups excluding carboxylic acids is 1. The van der Waals surface area contributed by atoms with Gasteiger partial charge in [-0.1, -0.05) is 0 Å². The summed E-state index contributed by atoms with van der Waals surface area (Å²) in [5.41, 5.74) is 0.724. The molecule has 2 heterocycles. The predicted molar refractivity (Wildman–Crippen MR) is 66.3 cm³/mol. The van der Waals surface area contributed by atoms with Crippen LogP contribution in [0.2, 0.25) is 0 Å². The molecule has 0 aliphatic carbocycles. The first kappa shape index (κ1) is 13.5. The lowest BCUT2D eigenvalue weighted by Gasteiger charge is -2.22. The molecule has 6 heteroatoms. The zero-order valence-electron chi connectivity index (χ0n) is 10.5. The Balaban J connectivity index is 2.10. The van der Waals surface area contributed by atoms with E-state index in [1.54, 1.807) is 11.0 Å². The van der Waals surface area contributed by atoms with E-state index in [2.05, 4.69) is 4.98 Å². The summed E-state index contributed by atoms with van der Waals surface area (Å²) in [6.45, 7) is 1.89. The Bertz CT molecular complexity index is 481. The highest BCUT2D eigenvalue weighted by molar-refractivity contribution is 5.94. The first-order valence-electron chi connectivity index (χ1n) is 6.08. The zero-order valence-corrected chi connectivity index (χ0v) is 10.5. The number of pyridine rings is 1. The molecule has 1 aromatic rings. The molecule has 0 saturated carbocycles. The minimum absolute atomic E-state index is 0.00456. The Morgan fingerprint density at radius 1 is 1.63 bits per heavy atom. The third kappa shape index (κ3) is 3.28. The van der Waals surface area contributed by atoms with E-state index >= 15 is 0 Å². The number of amides is 1. The maximum Gasteiger partial charge on any atom is 0.255 e. The molecule has 1 saturated heterocycles. The number of aliphatic hydroxyl groups is 1. The highest BCUT2D eigenvalue weighted by Crippen LogP contribution is 2.11. The monoisotopic (exact) mass is 261 g/mol. The molecule has 100 valence electrons. The average Bonchev–Trinajstić information content (AvgIpc) is 2.72. The molecule has 1 fully saturated rings. The minimum Gasteiger partial charge on any atom is -0.396 e. The van der Waals surface area contributed by atoms with Crippen LogP contribution in [0.4, 0.5) is 0 Å². The second-order valence-electron chi connectivity index (χ2n) is 4.42. The summed E-state index contributed by atoms with van der Waals surface area (Å²) in [5.74, 6) is -0.210. The second kappa shape index (κ2) is 6.27.